The van der Waals surface area contributed by atoms with Crippen LogP contribution < -0.4 is 5.32 Å². The Labute approximate surface area is 140 Å². The highest BCUT2D eigenvalue weighted by atomic mass is 79.9. The summed E-state index contributed by atoms with van der Waals surface area (Å²) >= 11 is 3.61. The van der Waals surface area contributed by atoms with Gasteiger partial charge in [0, 0.05) is 16.1 Å². The van der Waals surface area contributed by atoms with E-state index >= 15 is 0 Å². The molecule has 0 unspecified atom stereocenters. The molecule has 1 aliphatic heterocycles. The molecule has 1 N–H and O–H groups in total. The second-order valence-corrected chi connectivity index (χ2v) is 7.22. The maximum Gasteiger partial charge on any atom is 0.0553 e. The van der Waals surface area contributed by atoms with Crippen molar-refractivity contribution in [1.29, 1.82) is 0 Å². The molecule has 0 aromatic heterocycles. The minimum Gasteiger partial charge on any atom is -0.378 e. The molecule has 4 rings (SSSR count). The Bertz CT molecular complexity index is 717. The molecule has 0 bridgehead atoms. The number of anilines is 1. The highest BCUT2D eigenvalue weighted by Crippen LogP contribution is 2.50. The van der Waals surface area contributed by atoms with Gasteiger partial charge in [-0.25, -0.2) is 0 Å². The van der Waals surface area contributed by atoms with Crippen LogP contribution in [-0.4, -0.2) is 0 Å². The van der Waals surface area contributed by atoms with E-state index in [9.17, 15) is 0 Å². The summed E-state index contributed by atoms with van der Waals surface area (Å²) in [5, 5.41) is 3.79. The van der Waals surface area contributed by atoms with Crippen molar-refractivity contribution in [3.8, 4) is 0 Å². The summed E-state index contributed by atoms with van der Waals surface area (Å²) < 4.78 is 1.16. The third kappa shape index (κ3) is 2.30. The van der Waals surface area contributed by atoms with Crippen LogP contribution in [0.25, 0.3) is 0 Å². The number of benzene rings is 2. The molecular weight excluding hydrogens is 334 g/mol. The molecular formula is C20H20BrN. The van der Waals surface area contributed by atoms with Crippen molar-refractivity contribution in [3.63, 3.8) is 0 Å². The number of aryl methyl sites for hydroxylation is 1. The molecule has 2 aliphatic rings. The average Bonchev–Trinajstić information content (AvgIpc) is 3.04. The SMILES string of the molecule is CCc1ccc([C@@H]2Nc3ccc(Br)cc3[C@@H]3C=CC[C@@H]32)cc1. The molecule has 3 atom stereocenters. The van der Waals surface area contributed by atoms with Gasteiger partial charge in [-0.15, -0.1) is 0 Å². The van der Waals surface area contributed by atoms with E-state index in [0.717, 1.165) is 17.3 Å². The lowest BCUT2D eigenvalue weighted by molar-refractivity contribution is 0.425. The third-order valence-corrected chi connectivity index (χ3v) is 5.57. The van der Waals surface area contributed by atoms with E-state index in [4.69, 9.17) is 0 Å². The molecule has 2 aromatic carbocycles. The van der Waals surface area contributed by atoms with Crippen LogP contribution in [-0.2, 0) is 6.42 Å². The molecule has 2 heteroatoms. The molecule has 0 saturated heterocycles. The Morgan fingerprint density at radius 3 is 2.73 bits per heavy atom. The Morgan fingerprint density at radius 2 is 1.95 bits per heavy atom. The predicted octanol–water partition coefficient (Wildman–Crippen LogP) is 5.84. The largest absolute Gasteiger partial charge is 0.378 e. The van der Waals surface area contributed by atoms with Crippen LogP contribution in [0, 0.1) is 5.92 Å². The van der Waals surface area contributed by atoms with Crippen molar-refractivity contribution in [2.45, 2.75) is 31.7 Å². The number of hydrogen-bond donors (Lipinski definition) is 1. The van der Waals surface area contributed by atoms with Gasteiger partial charge in [0.2, 0.25) is 0 Å². The average molecular weight is 354 g/mol. The van der Waals surface area contributed by atoms with Gasteiger partial charge in [-0.3, -0.25) is 0 Å². The first-order chi connectivity index (χ1) is 10.8. The molecule has 0 saturated carbocycles. The predicted molar refractivity (Wildman–Crippen MR) is 96.3 cm³/mol. The second-order valence-electron chi connectivity index (χ2n) is 6.30. The highest BCUT2D eigenvalue weighted by Gasteiger charge is 2.37. The summed E-state index contributed by atoms with van der Waals surface area (Å²) in [6.07, 6.45) is 7.00. The zero-order chi connectivity index (χ0) is 15.1. The van der Waals surface area contributed by atoms with E-state index in [1.165, 1.54) is 22.4 Å². The van der Waals surface area contributed by atoms with Gasteiger partial charge in [-0.2, -0.15) is 0 Å². The number of hydrogen-bond acceptors (Lipinski definition) is 1. The van der Waals surface area contributed by atoms with Crippen LogP contribution in [0.4, 0.5) is 5.69 Å². The van der Waals surface area contributed by atoms with Gasteiger partial charge >= 0.3 is 0 Å². The Hall–Kier alpha value is -1.54. The summed E-state index contributed by atoms with van der Waals surface area (Å²) in [6.45, 7) is 2.21. The van der Waals surface area contributed by atoms with Crippen LogP contribution in [0.2, 0.25) is 0 Å². The molecule has 22 heavy (non-hydrogen) atoms. The Kier molecular flexibility index (Phi) is 3.57. The van der Waals surface area contributed by atoms with E-state index in [2.05, 4.69) is 82.8 Å². The van der Waals surface area contributed by atoms with Crippen molar-refractivity contribution in [1.82, 2.24) is 0 Å². The lowest BCUT2D eigenvalue weighted by atomic mass is 9.77. The summed E-state index contributed by atoms with van der Waals surface area (Å²) in [6, 6.07) is 16.1. The van der Waals surface area contributed by atoms with Crippen LogP contribution in [0.1, 0.15) is 42.0 Å². The fraction of sp³-hybridized carbons (Fsp3) is 0.300. The van der Waals surface area contributed by atoms with Crippen molar-refractivity contribution < 1.29 is 0 Å². The Balaban J connectivity index is 1.74. The number of halogens is 1. The standard InChI is InChI=1S/C20H20BrN/c1-2-13-6-8-14(9-7-13)20-17-5-3-4-16(17)18-12-15(21)10-11-19(18)22-20/h3-4,6-12,16-17,20,22H,2,5H2,1H3/t16-,17+,20+/m1/s1. The van der Waals surface area contributed by atoms with E-state index in [0.29, 0.717) is 17.9 Å². The summed E-state index contributed by atoms with van der Waals surface area (Å²) in [7, 11) is 0. The number of nitrogens with one attached hydrogen (secondary N) is 1. The van der Waals surface area contributed by atoms with Crippen LogP contribution >= 0.6 is 15.9 Å². The lowest BCUT2D eigenvalue weighted by Crippen LogP contribution is -2.29. The van der Waals surface area contributed by atoms with Crippen molar-refractivity contribution in [3.05, 3.63) is 75.8 Å². The zero-order valence-corrected chi connectivity index (χ0v) is 14.3. The molecule has 1 heterocycles. The first-order valence-electron chi connectivity index (χ1n) is 8.07. The topological polar surface area (TPSA) is 12.0 Å². The second kappa shape index (κ2) is 5.58. The molecule has 112 valence electrons. The maximum atomic E-state index is 3.79. The van der Waals surface area contributed by atoms with Crippen molar-refractivity contribution in [2.75, 3.05) is 5.32 Å². The first kappa shape index (κ1) is 14.1. The summed E-state index contributed by atoms with van der Waals surface area (Å²) in [5.41, 5.74) is 5.52. The van der Waals surface area contributed by atoms with Crippen LogP contribution in [0.3, 0.4) is 0 Å². The maximum absolute atomic E-state index is 3.79. The van der Waals surface area contributed by atoms with E-state index < -0.39 is 0 Å². The van der Waals surface area contributed by atoms with E-state index in [-0.39, 0.29) is 0 Å². The molecule has 0 radical (unpaired) electrons. The van der Waals surface area contributed by atoms with Crippen LogP contribution in [0.15, 0.2) is 59.1 Å². The molecule has 0 amide bonds. The number of rotatable bonds is 2. The fourth-order valence-corrected chi connectivity index (χ4v) is 4.23. The minimum atomic E-state index is 0.402. The van der Waals surface area contributed by atoms with Gasteiger partial charge in [-0.05, 0) is 53.6 Å². The lowest BCUT2D eigenvalue weighted by Gasteiger charge is -2.37. The van der Waals surface area contributed by atoms with Crippen molar-refractivity contribution in [2.24, 2.45) is 5.92 Å². The molecule has 0 fully saturated rings. The summed E-state index contributed by atoms with van der Waals surface area (Å²) in [4.78, 5) is 0. The summed E-state index contributed by atoms with van der Waals surface area (Å²) in [5.74, 6) is 1.15. The van der Waals surface area contributed by atoms with Crippen LogP contribution in [0.5, 0.6) is 0 Å². The monoisotopic (exact) mass is 353 g/mol. The van der Waals surface area contributed by atoms with Crippen molar-refractivity contribution >= 4 is 21.6 Å². The minimum absolute atomic E-state index is 0.402. The van der Waals surface area contributed by atoms with Gasteiger partial charge in [-0.1, -0.05) is 59.3 Å². The molecule has 0 spiro atoms. The molecule has 1 aliphatic carbocycles. The normalized spacial score (nSPS) is 25.5. The molecule has 2 aromatic rings. The van der Waals surface area contributed by atoms with E-state index in [1.807, 2.05) is 0 Å². The van der Waals surface area contributed by atoms with E-state index in [1.54, 1.807) is 0 Å². The van der Waals surface area contributed by atoms with Gasteiger partial charge < -0.3 is 5.32 Å². The first-order valence-corrected chi connectivity index (χ1v) is 8.87. The van der Waals surface area contributed by atoms with Gasteiger partial charge in [0.15, 0.2) is 0 Å². The van der Waals surface area contributed by atoms with Gasteiger partial charge in [0.05, 0.1) is 6.04 Å². The number of allylic oxidation sites excluding steroid dienone is 2. The quantitative estimate of drug-likeness (QED) is 0.668. The fourth-order valence-electron chi connectivity index (χ4n) is 3.86. The molecule has 1 nitrogen and oxygen atoms in total. The zero-order valence-electron chi connectivity index (χ0n) is 12.7. The van der Waals surface area contributed by atoms with Gasteiger partial charge in [0.1, 0.15) is 0 Å². The van der Waals surface area contributed by atoms with Gasteiger partial charge in [0.25, 0.3) is 0 Å². The Morgan fingerprint density at radius 1 is 1.14 bits per heavy atom. The smallest absolute Gasteiger partial charge is 0.0553 e. The highest BCUT2D eigenvalue weighted by molar-refractivity contribution is 9.10. The third-order valence-electron chi connectivity index (χ3n) is 5.07. The number of fused-ring (bicyclic) bond motifs is 3.